The molecule has 1 aliphatic carbocycles. The van der Waals surface area contributed by atoms with Gasteiger partial charge in [0.25, 0.3) is 5.69 Å². The summed E-state index contributed by atoms with van der Waals surface area (Å²) in [6.07, 6.45) is 2.99. The summed E-state index contributed by atoms with van der Waals surface area (Å²) in [4.78, 5) is 10.4. The number of aliphatic hydroxyl groups excluding tert-OH is 1. The Hall–Kier alpha value is -1.86. The fraction of sp³-hybridized carbons (Fsp3) is 0.571. The van der Waals surface area contributed by atoms with Gasteiger partial charge < -0.3 is 20.7 Å². The third-order valence-electron chi connectivity index (χ3n) is 4.13. The minimum absolute atomic E-state index is 0.0201. The Morgan fingerprint density at radius 1 is 1.43 bits per heavy atom. The second-order valence-electron chi connectivity index (χ2n) is 5.40. The average molecular weight is 296 g/mol. The molecule has 2 atom stereocenters. The molecule has 116 valence electrons. The van der Waals surface area contributed by atoms with E-state index >= 15 is 0 Å². The summed E-state index contributed by atoms with van der Waals surface area (Å²) in [6, 6.07) is 1.44. The topological polar surface area (TPSA) is 119 Å². The summed E-state index contributed by atoms with van der Waals surface area (Å²) in [7, 11) is 1.31. The number of aromatic hydroxyl groups is 1. The summed E-state index contributed by atoms with van der Waals surface area (Å²) in [6.45, 7) is 0. The largest absolute Gasteiger partial charge is 0.504 e. The van der Waals surface area contributed by atoms with Gasteiger partial charge in [0.1, 0.15) is 0 Å². The van der Waals surface area contributed by atoms with E-state index in [-0.39, 0.29) is 28.7 Å². The first-order chi connectivity index (χ1) is 9.95. The average Bonchev–Trinajstić information content (AvgIpc) is 2.99. The number of phenols is 1. The van der Waals surface area contributed by atoms with Crippen molar-refractivity contribution in [1.29, 1.82) is 0 Å². The smallest absolute Gasteiger partial charge is 0.273 e. The predicted molar refractivity (Wildman–Crippen MR) is 76.2 cm³/mol. The van der Waals surface area contributed by atoms with Crippen LogP contribution in [0.25, 0.3) is 0 Å². The van der Waals surface area contributed by atoms with E-state index in [1.165, 1.54) is 13.2 Å². The molecule has 1 aromatic carbocycles. The van der Waals surface area contributed by atoms with Crippen LogP contribution in [0.2, 0.25) is 0 Å². The van der Waals surface area contributed by atoms with Crippen molar-refractivity contribution in [3.8, 4) is 11.5 Å². The SMILES string of the molecule is COc1cc([N+](=O)[O-])cc([C@H](N)[C@H](O)C2CCCC2)c1O. The number of benzene rings is 1. The molecule has 1 aliphatic rings. The Labute approximate surface area is 122 Å². The number of non-ortho nitro benzene ring substituents is 1. The minimum Gasteiger partial charge on any atom is -0.504 e. The Morgan fingerprint density at radius 3 is 2.57 bits per heavy atom. The van der Waals surface area contributed by atoms with Gasteiger partial charge in [-0.15, -0.1) is 0 Å². The number of methoxy groups -OCH3 is 1. The number of ether oxygens (including phenoxy) is 1. The number of nitro benzene ring substituents is 1. The van der Waals surface area contributed by atoms with Gasteiger partial charge in [-0.3, -0.25) is 10.1 Å². The number of hydrogen-bond donors (Lipinski definition) is 3. The molecular formula is C14H20N2O5. The number of hydrogen-bond acceptors (Lipinski definition) is 6. The van der Waals surface area contributed by atoms with Crippen LogP contribution in [0.1, 0.15) is 37.3 Å². The third kappa shape index (κ3) is 3.08. The second kappa shape index (κ2) is 6.28. The molecule has 0 aromatic heterocycles. The van der Waals surface area contributed by atoms with Gasteiger partial charge in [-0.1, -0.05) is 12.8 Å². The monoisotopic (exact) mass is 296 g/mol. The van der Waals surface area contributed by atoms with E-state index in [1.807, 2.05) is 0 Å². The lowest BCUT2D eigenvalue weighted by atomic mass is 9.90. The van der Waals surface area contributed by atoms with Crippen molar-refractivity contribution in [3.05, 3.63) is 27.8 Å². The van der Waals surface area contributed by atoms with Crippen molar-refractivity contribution >= 4 is 5.69 Å². The Kier molecular flexibility index (Phi) is 4.64. The predicted octanol–water partition coefficient (Wildman–Crippen LogP) is 1.86. The molecule has 2 rings (SSSR count). The van der Waals surface area contributed by atoms with Gasteiger partial charge in [0.05, 0.1) is 30.2 Å². The lowest BCUT2D eigenvalue weighted by Gasteiger charge is -2.25. The van der Waals surface area contributed by atoms with Crippen LogP contribution < -0.4 is 10.5 Å². The normalized spacial score (nSPS) is 18.4. The van der Waals surface area contributed by atoms with Gasteiger partial charge in [0.15, 0.2) is 11.5 Å². The molecule has 0 saturated heterocycles. The van der Waals surface area contributed by atoms with Crippen molar-refractivity contribution < 1.29 is 19.9 Å². The van der Waals surface area contributed by atoms with E-state index in [1.54, 1.807) is 0 Å². The molecule has 7 nitrogen and oxygen atoms in total. The molecule has 0 spiro atoms. The molecular weight excluding hydrogens is 276 g/mol. The summed E-state index contributed by atoms with van der Waals surface area (Å²) in [5.41, 5.74) is 5.93. The highest BCUT2D eigenvalue weighted by atomic mass is 16.6. The fourth-order valence-corrected chi connectivity index (χ4v) is 2.91. The molecule has 1 aromatic rings. The van der Waals surface area contributed by atoms with Gasteiger partial charge in [-0.2, -0.15) is 0 Å². The van der Waals surface area contributed by atoms with Crippen molar-refractivity contribution in [2.45, 2.75) is 37.8 Å². The molecule has 0 bridgehead atoms. The van der Waals surface area contributed by atoms with Gasteiger partial charge in [0.2, 0.25) is 0 Å². The standard InChI is InChI=1S/C14H20N2O5/c1-21-11-7-9(16(19)20)6-10(14(11)18)12(15)13(17)8-4-2-3-5-8/h6-8,12-13,17-18H,2-5,15H2,1H3/t12-,13+/m0/s1. The van der Waals surface area contributed by atoms with Crippen LogP contribution in [0.15, 0.2) is 12.1 Å². The zero-order valence-corrected chi connectivity index (χ0v) is 11.9. The molecule has 4 N–H and O–H groups in total. The quantitative estimate of drug-likeness (QED) is 0.563. The molecule has 1 fully saturated rings. The van der Waals surface area contributed by atoms with Crippen molar-refractivity contribution in [1.82, 2.24) is 0 Å². The molecule has 21 heavy (non-hydrogen) atoms. The van der Waals surface area contributed by atoms with Crippen molar-refractivity contribution in [2.75, 3.05) is 7.11 Å². The Morgan fingerprint density at radius 2 is 2.05 bits per heavy atom. The van der Waals surface area contributed by atoms with Crippen LogP contribution in [-0.4, -0.2) is 28.4 Å². The third-order valence-corrected chi connectivity index (χ3v) is 4.13. The number of nitrogens with zero attached hydrogens (tertiary/aromatic N) is 1. The zero-order valence-electron chi connectivity index (χ0n) is 11.9. The highest BCUT2D eigenvalue weighted by Gasteiger charge is 2.32. The van der Waals surface area contributed by atoms with E-state index in [2.05, 4.69) is 0 Å². The van der Waals surface area contributed by atoms with Gasteiger partial charge in [-0.05, 0) is 18.8 Å². The fourth-order valence-electron chi connectivity index (χ4n) is 2.91. The van der Waals surface area contributed by atoms with E-state index < -0.39 is 17.1 Å². The molecule has 0 radical (unpaired) electrons. The maximum absolute atomic E-state index is 10.9. The van der Waals surface area contributed by atoms with E-state index in [9.17, 15) is 20.3 Å². The van der Waals surface area contributed by atoms with Crippen LogP contribution in [0.5, 0.6) is 11.5 Å². The highest BCUT2D eigenvalue weighted by Crippen LogP contribution is 2.40. The van der Waals surface area contributed by atoms with E-state index in [0.717, 1.165) is 31.7 Å². The van der Waals surface area contributed by atoms with Crippen LogP contribution in [-0.2, 0) is 0 Å². The van der Waals surface area contributed by atoms with Crippen LogP contribution in [0.4, 0.5) is 5.69 Å². The summed E-state index contributed by atoms with van der Waals surface area (Å²) >= 11 is 0. The van der Waals surface area contributed by atoms with Crippen molar-refractivity contribution in [2.24, 2.45) is 11.7 Å². The first-order valence-corrected chi connectivity index (χ1v) is 6.94. The summed E-state index contributed by atoms with van der Waals surface area (Å²) in [5.74, 6) is -0.217. The first-order valence-electron chi connectivity index (χ1n) is 6.94. The van der Waals surface area contributed by atoms with Crippen molar-refractivity contribution in [3.63, 3.8) is 0 Å². The number of phenolic OH excluding ortho intramolecular Hbond substituents is 1. The number of nitrogens with two attached hydrogens (primary N) is 1. The van der Waals surface area contributed by atoms with E-state index in [4.69, 9.17) is 10.5 Å². The molecule has 1 saturated carbocycles. The van der Waals surface area contributed by atoms with Crippen LogP contribution in [0.3, 0.4) is 0 Å². The van der Waals surface area contributed by atoms with Crippen LogP contribution in [0, 0.1) is 16.0 Å². The molecule has 0 aliphatic heterocycles. The number of rotatable bonds is 5. The lowest BCUT2D eigenvalue weighted by molar-refractivity contribution is -0.385. The van der Waals surface area contributed by atoms with E-state index in [0.29, 0.717) is 0 Å². The maximum atomic E-state index is 10.9. The van der Waals surface area contributed by atoms with Gasteiger partial charge in [-0.25, -0.2) is 0 Å². The minimum atomic E-state index is -0.887. The van der Waals surface area contributed by atoms with Gasteiger partial charge >= 0.3 is 0 Å². The Bertz CT molecular complexity index is 528. The van der Waals surface area contributed by atoms with Crippen LogP contribution >= 0.6 is 0 Å². The Balaban J connectivity index is 2.36. The highest BCUT2D eigenvalue weighted by molar-refractivity contribution is 5.54. The number of aliphatic hydroxyl groups is 1. The summed E-state index contributed by atoms with van der Waals surface area (Å²) in [5, 5.41) is 31.4. The molecule has 0 unspecified atom stereocenters. The lowest BCUT2D eigenvalue weighted by Crippen LogP contribution is -2.32. The molecule has 0 heterocycles. The number of nitro groups is 1. The first kappa shape index (κ1) is 15.5. The van der Waals surface area contributed by atoms with Gasteiger partial charge in [0, 0.05) is 11.6 Å². The maximum Gasteiger partial charge on any atom is 0.273 e. The summed E-state index contributed by atoms with van der Waals surface area (Å²) < 4.78 is 4.94. The molecule has 0 amide bonds. The molecule has 7 heteroatoms. The second-order valence-corrected chi connectivity index (χ2v) is 5.40. The zero-order chi connectivity index (χ0) is 15.6.